The number of aryl methyl sites for hydroxylation is 1. The normalized spacial score (nSPS) is 11.8. The van der Waals surface area contributed by atoms with Gasteiger partial charge in [-0.1, -0.05) is 19.1 Å². The third kappa shape index (κ3) is 4.27. The molecule has 1 amide bonds. The number of rotatable bonds is 5. The second-order valence-electron chi connectivity index (χ2n) is 5.08. The van der Waals surface area contributed by atoms with Crippen LogP contribution in [0.4, 0.5) is 11.5 Å². The molecule has 0 fully saturated rings. The Morgan fingerprint density at radius 1 is 1.24 bits per heavy atom. The molecule has 0 saturated carbocycles. The van der Waals surface area contributed by atoms with E-state index in [1.54, 1.807) is 12.1 Å². The van der Waals surface area contributed by atoms with Crippen LogP contribution in [-0.2, 0) is 0 Å². The van der Waals surface area contributed by atoms with Gasteiger partial charge in [-0.05, 0) is 50.1 Å². The fourth-order valence-electron chi connectivity index (χ4n) is 1.79. The molecule has 0 aliphatic rings. The Morgan fingerprint density at radius 2 is 2.05 bits per heavy atom. The zero-order valence-electron chi connectivity index (χ0n) is 12.6. The van der Waals surface area contributed by atoms with E-state index >= 15 is 0 Å². The number of anilines is 2. The molecule has 1 aromatic carbocycles. The van der Waals surface area contributed by atoms with Crippen LogP contribution in [0.5, 0.6) is 0 Å². The monoisotopic (exact) mass is 284 g/mol. The molecule has 2 rings (SSSR count). The lowest BCUT2D eigenvalue weighted by molar-refractivity contribution is 0.0933. The lowest BCUT2D eigenvalue weighted by Gasteiger charge is -2.10. The van der Waals surface area contributed by atoms with E-state index in [1.165, 1.54) is 0 Å². The molecule has 2 N–H and O–H groups in total. The first kappa shape index (κ1) is 15.0. The van der Waals surface area contributed by atoms with Crippen molar-refractivity contribution >= 4 is 17.4 Å². The van der Waals surface area contributed by atoms with E-state index < -0.39 is 0 Å². The Labute approximate surface area is 124 Å². The van der Waals surface area contributed by atoms with Gasteiger partial charge in [0.1, 0.15) is 0 Å². The summed E-state index contributed by atoms with van der Waals surface area (Å²) >= 11 is 0. The van der Waals surface area contributed by atoms with Gasteiger partial charge in [0.05, 0.1) is 0 Å². The smallest absolute Gasteiger partial charge is 0.272 e. The van der Waals surface area contributed by atoms with Crippen molar-refractivity contribution in [2.24, 2.45) is 0 Å². The Kier molecular flexibility index (Phi) is 4.87. The summed E-state index contributed by atoms with van der Waals surface area (Å²) in [6, 6.07) is 11.5. The van der Waals surface area contributed by atoms with Crippen LogP contribution in [0.25, 0.3) is 0 Å². The highest BCUT2D eigenvalue weighted by atomic mass is 16.2. The molecule has 1 aromatic heterocycles. The molecule has 1 heterocycles. The molecular weight excluding hydrogens is 264 g/mol. The maximum Gasteiger partial charge on any atom is 0.272 e. The van der Waals surface area contributed by atoms with Crippen LogP contribution in [0.1, 0.15) is 36.3 Å². The van der Waals surface area contributed by atoms with Crippen LogP contribution in [0.2, 0.25) is 0 Å². The van der Waals surface area contributed by atoms with Crippen molar-refractivity contribution in [2.45, 2.75) is 33.2 Å². The highest BCUT2D eigenvalue weighted by Gasteiger charge is 2.10. The second-order valence-corrected chi connectivity index (χ2v) is 5.08. The predicted octanol–water partition coefficient (Wildman–Crippen LogP) is 3.06. The lowest BCUT2D eigenvalue weighted by Crippen LogP contribution is -2.32. The second kappa shape index (κ2) is 6.83. The van der Waals surface area contributed by atoms with Gasteiger partial charge in [-0.3, -0.25) is 4.79 Å². The largest absolute Gasteiger partial charge is 0.348 e. The van der Waals surface area contributed by atoms with Gasteiger partial charge in [0.25, 0.3) is 5.91 Å². The average molecular weight is 284 g/mol. The SMILES string of the molecule is CCC(C)NC(=O)c1ccc(Nc2cccc(C)c2)nn1. The molecule has 0 spiro atoms. The number of nitrogens with one attached hydrogen (secondary N) is 2. The molecule has 0 bridgehead atoms. The molecule has 5 heteroatoms. The molecule has 0 aliphatic carbocycles. The quantitative estimate of drug-likeness (QED) is 0.885. The maximum atomic E-state index is 11.9. The molecule has 110 valence electrons. The van der Waals surface area contributed by atoms with E-state index in [0.717, 1.165) is 17.7 Å². The molecule has 0 saturated heterocycles. The van der Waals surface area contributed by atoms with Crippen molar-refractivity contribution in [2.75, 3.05) is 5.32 Å². The summed E-state index contributed by atoms with van der Waals surface area (Å²) in [6.07, 6.45) is 0.881. The first-order valence-electron chi connectivity index (χ1n) is 7.06. The van der Waals surface area contributed by atoms with Crippen molar-refractivity contribution in [3.63, 3.8) is 0 Å². The Balaban J connectivity index is 2.03. The van der Waals surface area contributed by atoms with Crippen molar-refractivity contribution in [1.82, 2.24) is 15.5 Å². The van der Waals surface area contributed by atoms with Crippen molar-refractivity contribution in [3.05, 3.63) is 47.7 Å². The molecule has 0 radical (unpaired) electrons. The first-order valence-corrected chi connectivity index (χ1v) is 7.06. The molecular formula is C16H20N4O. The zero-order valence-corrected chi connectivity index (χ0v) is 12.6. The topological polar surface area (TPSA) is 66.9 Å². The minimum Gasteiger partial charge on any atom is -0.348 e. The number of hydrogen-bond donors (Lipinski definition) is 2. The van der Waals surface area contributed by atoms with Gasteiger partial charge in [0.15, 0.2) is 11.5 Å². The van der Waals surface area contributed by atoms with E-state index in [4.69, 9.17) is 0 Å². The first-order chi connectivity index (χ1) is 10.1. The van der Waals surface area contributed by atoms with Gasteiger partial charge in [-0.15, -0.1) is 10.2 Å². The number of aromatic nitrogens is 2. The molecule has 1 unspecified atom stereocenters. The number of carbonyl (C=O) groups excluding carboxylic acids is 1. The summed E-state index contributed by atoms with van der Waals surface area (Å²) in [6.45, 7) is 6.00. The summed E-state index contributed by atoms with van der Waals surface area (Å²) in [7, 11) is 0. The Bertz CT molecular complexity index is 610. The minimum absolute atomic E-state index is 0.129. The van der Waals surface area contributed by atoms with E-state index in [9.17, 15) is 4.79 Å². The standard InChI is InChI=1S/C16H20N4O/c1-4-12(3)17-16(21)14-8-9-15(20-19-14)18-13-7-5-6-11(2)10-13/h5-10,12H,4H2,1-3H3,(H,17,21)(H,18,20). The molecule has 5 nitrogen and oxygen atoms in total. The van der Waals surface area contributed by atoms with Gasteiger partial charge in [0.2, 0.25) is 0 Å². The van der Waals surface area contributed by atoms with E-state index in [0.29, 0.717) is 11.5 Å². The van der Waals surface area contributed by atoms with Gasteiger partial charge in [-0.2, -0.15) is 0 Å². The maximum absolute atomic E-state index is 11.9. The number of carbonyl (C=O) groups is 1. The zero-order chi connectivity index (χ0) is 15.2. The van der Waals surface area contributed by atoms with E-state index in [-0.39, 0.29) is 11.9 Å². The summed E-state index contributed by atoms with van der Waals surface area (Å²) in [4.78, 5) is 11.9. The van der Waals surface area contributed by atoms with Crippen LogP contribution >= 0.6 is 0 Å². The lowest BCUT2D eigenvalue weighted by atomic mass is 10.2. The van der Waals surface area contributed by atoms with Crippen molar-refractivity contribution in [1.29, 1.82) is 0 Å². The van der Waals surface area contributed by atoms with Gasteiger partial charge < -0.3 is 10.6 Å². The van der Waals surface area contributed by atoms with Crippen LogP contribution in [-0.4, -0.2) is 22.1 Å². The summed E-state index contributed by atoms with van der Waals surface area (Å²) in [5.41, 5.74) is 2.43. The highest BCUT2D eigenvalue weighted by molar-refractivity contribution is 5.92. The fourth-order valence-corrected chi connectivity index (χ4v) is 1.79. The van der Waals surface area contributed by atoms with Gasteiger partial charge >= 0.3 is 0 Å². The number of benzene rings is 1. The van der Waals surface area contributed by atoms with Crippen LogP contribution < -0.4 is 10.6 Å². The highest BCUT2D eigenvalue weighted by Crippen LogP contribution is 2.15. The van der Waals surface area contributed by atoms with Crippen molar-refractivity contribution < 1.29 is 4.79 Å². The number of hydrogen-bond acceptors (Lipinski definition) is 4. The minimum atomic E-state index is -0.195. The van der Waals surface area contributed by atoms with E-state index in [2.05, 4.69) is 20.8 Å². The van der Waals surface area contributed by atoms with Crippen molar-refractivity contribution in [3.8, 4) is 0 Å². The Hall–Kier alpha value is -2.43. The summed E-state index contributed by atoms with van der Waals surface area (Å²) < 4.78 is 0. The van der Waals surface area contributed by atoms with Crippen LogP contribution in [0.3, 0.4) is 0 Å². The molecule has 0 aliphatic heterocycles. The third-order valence-electron chi connectivity index (χ3n) is 3.18. The predicted molar refractivity (Wildman–Crippen MR) is 83.7 cm³/mol. The number of nitrogens with zero attached hydrogens (tertiary/aromatic N) is 2. The third-order valence-corrected chi connectivity index (χ3v) is 3.18. The summed E-state index contributed by atoms with van der Waals surface area (Å²) in [5, 5.41) is 14.0. The summed E-state index contributed by atoms with van der Waals surface area (Å²) in [5.74, 6) is 0.416. The fraction of sp³-hybridized carbons (Fsp3) is 0.312. The van der Waals surface area contributed by atoms with Crippen LogP contribution in [0, 0.1) is 6.92 Å². The van der Waals surface area contributed by atoms with E-state index in [1.807, 2.05) is 45.0 Å². The van der Waals surface area contributed by atoms with Gasteiger partial charge in [-0.25, -0.2) is 0 Å². The molecule has 1 atom stereocenters. The Morgan fingerprint density at radius 3 is 2.67 bits per heavy atom. The average Bonchev–Trinajstić information content (AvgIpc) is 2.47. The molecule has 21 heavy (non-hydrogen) atoms. The molecule has 2 aromatic rings. The van der Waals surface area contributed by atoms with Gasteiger partial charge in [0, 0.05) is 11.7 Å². The number of amides is 1. The van der Waals surface area contributed by atoms with Crippen LogP contribution in [0.15, 0.2) is 36.4 Å².